The molecule has 1 aromatic heterocycles. The fraction of sp³-hybridized carbons (Fsp3) is 0.474. The van der Waals surface area contributed by atoms with Gasteiger partial charge in [0.2, 0.25) is 0 Å². The fourth-order valence-corrected chi connectivity index (χ4v) is 3.80. The Morgan fingerprint density at radius 1 is 1.32 bits per heavy atom. The average molecular weight is 415 g/mol. The topological polar surface area (TPSA) is 41.4 Å². The lowest BCUT2D eigenvalue weighted by Crippen LogP contribution is -2.41. The quantitative estimate of drug-likeness (QED) is 0.739. The van der Waals surface area contributed by atoms with E-state index in [1.165, 1.54) is 36.2 Å². The standard InChI is InChI=1S/C19H22ClF3N4O/c1-3-26-10-4-5-15(26)12-25(2)18(28)16-11-24-27(17(16)19(21,22)23)14-8-6-13(20)7-9-14/h6-9,11,15H,3-5,10,12H2,1-2H3. The minimum atomic E-state index is -4.73. The third-order valence-corrected chi connectivity index (χ3v) is 5.33. The van der Waals surface area contributed by atoms with Crippen molar-refractivity contribution in [1.29, 1.82) is 0 Å². The van der Waals surface area contributed by atoms with E-state index >= 15 is 0 Å². The molecular formula is C19H22ClF3N4O. The second kappa shape index (κ2) is 8.13. The van der Waals surface area contributed by atoms with E-state index in [1.807, 2.05) is 6.92 Å². The number of likely N-dealkylation sites (tertiary alicyclic amines) is 1. The maximum absolute atomic E-state index is 13.8. The lowest BCUT2D eigenvalue weighted by molar-refractivity contribution is -0.143. The van der Waals surface area contributed by atoms with Gasteiger partial charge < -0.3 is 4.90 Å². The Hall–Kier alpha value is -2.06. The van der Waals surface area contributed by atoms with Crippen LogP contribution in [0.5, 0.6) is 0 Å². The van der Waals surface area contributed by atoms with Crippen LogP contribution < -0.4 is 0 Å². The van der Waals surface area contributed by atoms with Gasteiger partial charge in [0.1, 0.15) is 0 Å². The molecule has 0 aliphatic carbocycles. The van der Waals surface area contributed by atoms with Crippen LogP contribution in [0.4, 0.5) is 13.2 Å². The summed E-state index contributed by atoms with van der Waals surface area (Å²) in [6, 6.07) is 5.98. The molecule has 1 saturated heterocycles. The maximum Gasteiger partial charge on any atom is 0.434 e. The van der Waals surface area contributed by atoms with Crippen molar-refractivity contribution in [2.75, 3.05) is 26.7 Å². The fourth-order valence-electron chi connectivity index (χ4n) is 3.68. The van der Waals surface area contributed by atoms with Gasteiger partial charge in [-0.25, -0.2) is 4.68 Å². The number of carbonyl (C=O) groups excluding carboxylic acids is 1. The minimum Gasteiger partial charge on any atom is -0.340 e. The van der Waals surface area contributed by atoms with Crippen molar-refractivity contribution in [1.82, 2.24) is 19.6 Å². The van der Waals surface area contributed by atoms with Crippen LogP contribution in [0.25, 0.3) is 5.69 Å². The third kappa shape index (κ3) is 4.17. The summed E-state index contributed by atoms with van der Waals surface area (Å²) < 4.78 is 42.1. The van der Waals surface area contributed by atoms with Crippen LogP contribution in [0.1, 0.15) is 35.8 Å². The van der Waals surface area contributed by atoms with Crippen molar-refractivity contribution in [2.24, 2.45) is 0 Å². The van der Waals surface area contributed by atoms with Gasteiger partial charge >= 0.3 is 6.18 Å². The Kier molecular flexibility index (Phi) is 6.00. The van der Waals surface area contributed by atoms with Crippen molar-refractivity contribution in [2.45, 2.75) is 32.0 Å². The van der Waals surface area contributed by atoms with E-state index in [0.29, 0.717) is 11.6 Å². The number of hydrogen-bond acceptors (Lipinski definition) is 3. The van der Waals surface area contributed by atoms with Crippen LogP contribution in [0.15, 0.2) is 30.5 Å². The van der Waals surface area contributed by atoms with Gasteiger partial charge in [-0.1, -0.05) is 18.5 Å². The van der Waals surface area contributed by atoms with Crippen molar-refractivity contribution >= 4 is 17.5 Å². The molecule has 0 saturated carbocycles. The number of nitrogens with zero attached hydrogens (tertiary/aromatic N) is 4. The lowest BCUT2D eigenvalue weighted by atomic mass is 10.1. The molecule has 0 bridgehead atoms. The Balaban J connectivity index is 1.90. The lowest BCUT2D eigenvalue weighted by Gasteiger charge is -2.28. The zero-order chi connectivity index (χ0) is 20.5. The molecule has 1 unspecified atom stereocenters. The van der Waals surface area contributed by atoms with E-state index in [2.05, 4.69) is 10.00 Å². The molecule has 1 aliphatic heterocycles. The van der Waals surface area contributed by atoms with Crippen LogP contribution in [-0.4, -0.2) is 58.2 Å². The van der Waals surface area contributed by atoms with Gasteiger partial charge in [-0.05, 0) is 50.2 Å². The van der Waals surface area contributed by atoms with Gasteiger partial charge in [0.05, 0.1) is 17.4 Å². The van der Waals surface area contributed by atoms with E-state index in [-0.39, 0.29) is 11.7 Å². The number of carbonyl (C=O) groups is 1. The molecule has 5 nitrogen and oxygen atoms in total. The van der Waals surface area contributed by atoms with Crippen LogP contribution in [0.2, 0.25) is 5.02 Å². The number of alkyl halides is 3. The zero-order valence-electron chi connectivity index (χ0n) is 15.7. The number of halogens is 4. The molecule has 1 aromatic carbocycles. The first-order valence-electron chi connectivity index (χ1n) is 9.13. The highest BCUT2D eigenvalue weighted by Crippen LogP contribution is 2.34. The van der Waals surface area contributed by atoms with Crippen molar-refractivity contribution in [3.8, 4) is 5.69 Å². The molecule has 152 valence electrons. The van der Waals surface area contributed by atoms with E-state index < -0.39 is 23.3 Å². The molecule has 9 heteroatoms. The summed E-state index contributed by atoms with van der Waals surface area (Å²) in [7, 11) is 1.54. The molecular weight excluding hydrogens is 393 g/mol. The molecule has 0 N–H and O–H groups in total. The normalized spacial score (nSPS) is 17.9. The molecule has 3 rings (SSSR count). The van der Waals surface area contributed by atoms with Gasteiger partial charge in [0, 0.05) is 24.7 Å². The highest BCUT2D eigenvalue weighted by Gasteiger charge is 2.41. The smallest absolute Gasteiger partial charge is 0.340 e. The van der Waals surface area contributed by atoms with Crippen LogP contribution in [0, 0.1) is 0 Å². The van der Waals surface area contributed by atoms with Gasteiger partial charge in [-0.15, -0.1) is 0 Å². The second-order valence-corrected chi connectivity index (χ2v) is 7.34. The molecule has 1 atom stereocenters. The molecule has 1 aliphatic rings. The summed E-state index contributed by atoms with van der Waals surface area (Å²) in [4.78, 5) is 16.4. The Bertz CT molecular complexity index is 835. The summed E-state index contributed by atoms with van der Waals surface area (Å²) in [6.07, 6.45) is -1.78. The molecule has 2 heterocycles. The maximum atomic E-state index is 13.8. The number of hydrogen-bond donors (Lipinski definition) is 0. The van der Waals surface area contributed by atoms with E-state index in [4.69, 9.17) is 11.6 Å². The Morgan fingerprint density at radius 2 is 2.00 bits per heavy atom. The molecule has 28 heavy (non-hydrogen) atoms. The number of benzene rings is 1. The van der Waals surface area contributed by atoms with Gasteiger partial charge in [-0.2, -0.15) is 18.3 Å². The predicted octanol–water partition coefficient (Wildman–Crippen LogP) is 4.10. The van der Waals surface area contributed by atoms with Crippen LogP contribution in [0.3, 0.4) is 0 Å². The predicted molar refractivity (Wildman–Crippen MR) is 101 cm³/mol. The minimum absolute atomic E-state index is 0.166. The van der Waals surface area contributed by atoms with Gasteiger partial charge in [-0.3, -0.25) is 9.69 Å². The molecule has 2 aromatic rings. The summed E-state index contributed by atoms with van der Waals surface area (Å²) >= 11 is 5.81. The van der Waals surface area contributed by atoms with E-state index in [0.717, 1.165) is 36.8 Å². The van der Waals surface area contributed by atoms with Gasteiger partial charge in [0.25, 0.3) is 5.91 Å². The SMILES string of the molecule is CCN1CCCC1CN(C)C(=O)c1cnn(-c2ccc(Cl)cc2)c1C(F)(F)F. The zero-order valence-corrected chi connectivity index (χ0v) is 16.5. The monoisotopic (exact) mass is 414 g/mol. The summed E-state index contributed by atoms with van der Waals surface area (Å²) in [5.41, 5.74) is -1.34. The Labute approximate surface area is 166 Å². The number of likely N-dealkylation sites (N-methyl/N-ethyl adjacent to an activating group) is 2. The summed E-state index contributed by atoms with van der Waals surface area (Å²) in [5, 5.41) is 4.25. The molecule has 0 spiro atoms. The average Bonchev–Trinajstić information content (AvgIpc) is 3.28. The largest absolute Gasteiger partial charge is 0.434 e. The van der Waals surface area contributed by atoms with Gasteiger partial charge in [0.15, 0.2) is 5.69 Å². The summed E-state index contributed by atoms with van der Waals surface area (Å²) in [5.74, 6) is -0.685. The number of rotatable bonds is 5. The van der Waals surface area contributed by atoms with Crippen molar-refractivity contribution in [3.63, 3.8) is 0 Å². The van der Waals surface area contributed by atoms with E-state index in [1.54, 1.807) is 0 Å². The number of amides is 1. The highest BCUT2D eigenvalue weighted by molar-refractivity contribution is 6.30. The first-order chi connectivity index (χ1) is 13.2. The molecule has 0 radical (unpaired) electrons. The first kappa shape index (κ1) is 20.7. The highest BCUT2D eigenvalue weighted by atomic mass is 35.5. The third-order valence-electron chi connectivity index (χ3n) is 5.08. The molecule has 1 fully saturated rings. The Morgan fingerprint density at radius 3 is 2.61 bits per heavy atom. The van der Waals surface area contributed by atoms with Crippen molar-refractivity contribution < 1.29 is 18.0 Å². The molecule has 1 amide bonds. The second-order valence-electron chi connectivity index (χ2n) is 6.90. The van der Waals surface area contributed by atoms with E-state index in [9.17, 15) is 18.0 Å². The van der Waals surface area contributed by atoms with Crippen LogP contribution in [-0.2, 0) is 6.18 Å². The van der Waals surface area contributed by atoms with Crippen molar-refractivity contribution in [3.05, 3.63) is 46.7 Å². The van der Waals surface area contributed by atoms with Crippen LogP contribution >= 0.6 is 11.6 Å². The first-order valence-corrected chi connectivity index (χ1v) is 9.50. The number of aromatic nitrogens is 2. The summed E-state index contributed by atoms with van der Waals surface area (Å²) in [6.45, 7) is 4.23.